The number of methoxy groups -OCH3 is 1. The number of hydrazone groups is 1. The molecule has 0 saturated heterocycles. The number of carbonyl (C=O) groups is 2. The molecule has 2 N–H and O–H groups in total. The van der Waals surface area contributed by atoms with E-state index < -0.39 is 4.92 Å². The maximum atomic E-state index is 12.4. The summed E-state index contributed by atoms with van der Waals surface area (Å²) in [6, 6.07) is 20.2. The second-order valence-electron chi connectivity index (χ2n) is 10.0. The standard InChI is InChI=1S/C31H30N4O5S/c1-19(33-34-29(36)18-41-17-20-6-13-24(14-7-20)35(38)39)23-12-15-28-27(16-23)25-4-3-5-26(25)30(32-28)21-8-10-22(11-9-21)31(37)40-2/h3-4,6-16,25-26,30,32H,5,17-18H2,1-2H3,(H,34,36)/b33-19-/t25-,26+,30+/m1/s1. The van der Waals surface area contributed by atoms with Crippen molar-refractivity contribution >= 4 is 40.7 Å². The number of fused-ring (bicyclic) bond motifs is 3. The number of anilines is 1. The number of benzene rings is 3. The third-order valence-electron chi connectivity index (χ3n) is 7.47. The number of rotatable bonds is 9. The van der Waals surface area contributed by atoms with Gasteiger partial charge in [0.1, 0.15) is 0 Å². The van der Waals surface area contributed by atoms with Gasteiger partial charge in [-0.15, -0.1) is 11.8 Å². The summed E-state index contributed by atoms with van der Waals surface area (Å²) in [5, 5.41) is 18.8. The zero-order valence-electron chi connectivity index (χ0n) is 22.7. The number of amides is 1. The van der Waals surface area contributed by atoms with Gasteiger partial charge < -0.3 is 10.1 Å². The van der Waals surface area contributed by atoms with E-state index in [1.165, 1.54) is 36.6 Å². The number of nitrogens with one attached hydrogen (secondary N) is 2. The van der Waals surface area contributed by atoms with Gasteiger partial charge in [0.2, 0.25) is 5.91 Å². The molecule has 10 heteroatoms. The Morgan fingerprint density at radius 1 is 1.10 bits per heavy atom. The molecule has 1 aliphatic heterocycles. The van der Waals surface area contributed by atoms with Crippen LogP contribution in [0.15, 0.2) is 84.0 Å². The summed E-state index contributed by atoms with van der Waals surface area (Å²) in [6.07, 6.45) is 5.44. The van der Waals surface area contributed by atoms with Gasteiger partial charge in [-0.05, 0) is 65.8 Å². The van der Waals surface area contributed by atoms with Gasteiger partial charge in [-0.2, -0.15) is 5.10 Å². The fourth-order valence-corrected chi connectivity index (χ4v) is 6.09. The molecular formula is C31H30N4O5S. The highest BCUT2D eigenvalue weighted by Crippen LogP contribution is 2.50. The molecular weight excluding hydrogens is 540 g/mol. The molecule has 0 spiro atoms. The van der Waals surface area contributed by atoms with Crippen molar-refractivity contribution in [2.45, 2.75) is 31.1 Å². The number of nitro groups is 1. The maximum absolute atomic E-state index is 12.4. The summed E-state index contributed by atoms with van der Waals surface area (Å²) in [6.45, 7) is 1.87. The quantitative estimate of drug-likeness (QED) is 0.107. The number of hydrogen-bond donors (Lipinski definition) is 2. The monoisotopic (exact) mass is 570 g/mol. The van der Waals surface area contributed by atoms with Gasteiger partial charge in [0, 0.05) is 29.5 Å². The van der Waals surface area contributed by atoms with Crippen molar-refractivity contribution in [3.8, 4) is 0 Å². The Kier molecular flexibility index (Phi) is 8.49. The molecule has 210 valence electrons. The minimum atomic E-state index is -0.433. The number of ether oxygens (including phenoxy) is 1. The van der Waals surface area contributed by atoms with Crippen LogP contribution in [0.3, 0.4) is 0 Å². The lowest BCUT2D eigenvalue weighted by atomic mass is 9.76. The van der Waals surface area contributed by atoms with Crippen LogP contribution in [0.1, 0.15) is 57.9 Å². The molecule has 3 aromatic carbocycles. The topological polar surface area (TPSA) is 123 Å². The van der Waals surface area contributed by atoms with Crippen LogP contribution in [0, 0.1) is 16.0 Å². The third kappa shape index (κ3) is 6.33. The number of allylic oxidation sites excluding steroid dienone is 2. The smallest absolute Gasteiger partial charge is 0.337 e. The van der Waals surface area contributed by atoms with Crippen molar-refractivity contribution in [2.75, 3.05) is 18.2 Å². The number of esters is 1. The highest BCUT2D eigenvalue weighted by molar-refractivity contribution is 7.99. The van der Waals surface area contributed by atoms with Crippen molar-refractivity contribution < 1.29 is 19.2 Å². The van der Waals surface area contributed by atoms with Crippen LogP contribution in [0.2, 0.25) is 0 Å². The fourth-order valence-electron chi connectivity index (χ4n) is 5.31. The molecule has 0 aromatic heterocycles. The molecule has 0 unspecified atom stereocenters. The first-order valence-electron chi connectivity index (χ1n) is 13.2. The fraction of sp³-hybridized carbons (Fsp3) is 0.258. The van der Waals surface area contributed by atoms with Crippen LogP contribution in [0.4, 0.5) is 11.4 Å². The zero-order valence-corrected chi connectivity index (χ0v) is 23.5. The normalized spacial score (nSPS) is 19.1. The molecule has 3 atom stereocenters. The third-order valence-corrected chi connectivity index (χ3v) is 8.47. The van der Waals surface area contributed by atoms with E-state index in [9.17, 15) is 19.7 Å². The summed E-state index contributed by atoms with van der Waals surface area (Å²) in [5.41, 5.74) is 9.15. The number of thioether (sulfide) groups is 1. The van der Waals surface area contributed by atoms with Gasteiger partial charge in [0.15, 0.2) is 0 Å². The van der Waals surface area contributed by atoms with Crippen molar-refractivity contribution in [3.05, 3.63) is 117 Å². The molecule has 1 amide bonds. The Balaban J connectivity index is 1.21. The molecule has 0 bridgehead atoms. The van der Waals surface area contributed by atoms with Crippen LogP contribution < -0.4 is 10.7 Å². The van der Waals surface area contributed by atoms with E-state index in [0.717, 1.165) is 28.8 Å². The minimum Gasteiger partial charge on any atom is -0.465 e. The number of carbonyl (C=O) groups excluding carboxylic acids is 2. The van der Waals surface area contributed by atoms with Crippen molar-refractivity contribution in [1.29, 1.82) is 0 Å². The maximum Gasteiger partial charge on any atom is 0.337 e. The molecule has 0 saturated carbocycles. The first-order chi connectivity index (χ1) is 19.8. The van der Waals surface area contributed by atoms with Gasteiger partial charge in [-0.25, -0.2) is 10.2 Å². The van der Waals surface area contributed by atoms with Crippen LogP contribution in [0.5, 0.6) is 0 Å². The molecule has 0 radical (unpaired) electrons. The number of non-ortho nitro benzene ring substituents is 1. The Morgan fingerprint density at radius 2 is 1.83 bits per heavy atom. The van der Waals surface area contributed by atoms with Crippen molar-refractivity contribution in [1.82, 2.24) is 5.43 Å². The van der Waals surface area contributed by atoms with Gasteiger partial charge in [0.05, 0.1) is 35.1 Å². The number of nitro benzene ring substituents is 1. The van der Waals surface area contributed by atoms with Gasteiger partial charge in [0.25, 0.3) is 5.69 Å². The van der Waals surface area contributed by atoms with Gasteiger partial charge in [-0.1, -0.05) is 42.5 Å². The van der Waals surface area contributed by atoms with E-state index in [-0.39, 0.29) is 35.3 Å². The summed E-state index contributed by atoms with van der Waals surface area (Å²) < 4.78 is 4.83. The Bertz CT molecular complexity index is 1520. The van der Waals surface area contributed by atoms with Crippen LogP contribution in [0.25, 0.3) is 0 Å². The van der Waals surface area contributed by atoms with Crippen LogP contribution in [-0.2, 0) is 15.3 Å². The highest BCUT2D eigenvalue weighted by Gasteiger charge is 2.38. The Morgan fingerprint density at radius 3 is 2.54 bits per heavy atom. The average Bonchev–Trinajstić information content (AvgIpc) is 3.50. The molecule has 3 aromatic rings. The Hall–Kier alpha value is -4.44. The van der Waals surface area contributed by atoms with E-state index in [0.29, 0.717) is 22.9 Å². The van der Waals surface area contributed by atoms with Gasteiger partial charge >= 0.3 is 5.97 Å². The second-order valence-corrected chi connectivity index (χ2v) is 11.0. The molecule has 5 rings (SSSR count). The van der Waals surface area contributed by atoms with E-state index in [4.69, 9.17) is 4.74 Å². The Labute approximate surface area is 242 Å². The lowest BCUT2D eigenvalue weighted by molar-refractivity contribution is -0.384. The predicted molar refractivity (Wildman–Crippen MR) is 160 cm³/mol. The van der Waals surface area contributed by atoms with Crippen molar-refractivity contribution in [3.63, 3.8) is 0 Å². The largest absolute Gasteiger partial charge is 0.465 e. The molecule has 41 heavy (non-hydrogen) atoms. The summed E-state index contributed by atoms with van der Waals surface area (Å²) >= 11 is 1.42. The molecule has 1 heterocycles. The molecule has 0 fully saturated rings. The minimum absolute atomic E-state index is 0.0466. The molecule has 9 nitrogen and oxygen atoms in total. The van der Waals surface area contributed by atoms with Crippen LogP contribution >= 0.6 is 11.8 Å². The average molecular weight is 571 g/mol. The lowest BCUT2D eigenvalue weighted by Crippen LogP contribution is -2.29. The van der Waals surface area contributed by atoms with E-state index >= 15 is 0 Å². The van der Waals surface area contributed by atoms with Crippen LogP contribution in [-0.4, -0.2) is 35.4 Å². The molecule has 2 aliphatic rings. The van der Waals surface area contributed by atoms with E-state index in [1.54, 1.807) is 24.3 Å². The first-order valence-corrected chi connectivity index (χ1v) is 14.4. The molecule has 1 aliphatic carbocycles. The van der Waals surface area contributed by atoms with E-state index in [1.807, 2.05) is 25.1 Å². The summed E-state index contributed by atoms with van der Waals surface area (Å²) in [4.78, 5) is 34.6. The second kappa shape index (κ2) is 12.4. The number of hydrogen-bond acceptors (Lipinski definition) is 8. The predicted octanol–water partition coefficient (Wildman–Crippen LogP) is 5.98. The number of nitrogens with zero attached hydrogens (tertiary/aromatic N) is 2. The van der Waals surface area contributed by atoms with Crippen molar-refractivity contribution in [2.24, 2.45) is 11.0 Å². The first kappa shape index (κ1) is 28.1. The summed E-state index contributed by atoms with van der Waals surface area (Å²) in [5.74, 6) is 0.814. The zero-order chi connectivity index (χ0) is 28.9. The van der Waals surface area contributed by atoms with Gasteiger partial charge in [-0.3, -0.25) is 14.9 Å². The summed E-state index contributed by atoms with van der Waals surface area (Å²) in [7, 11) is 1.38. The van der Waals surface area contributed by atoms with E-state index in [2.05, 4.69) is 40.1 Å². The highest BCUT2D eigenvalue weighted by atomic mass is 32.2. The lowest BCUT2D eigenvalue weighted by Gasteiger charge is -2.37. The SMILES string of the molecule is COC(=O)c1ccc([C@@H]2Nc3ccc(/C(C)=N\NC(=O)CSCc4ccc([N+](=O)[O-])cc4)cc3[C@@H]3C=CC[C@@H]32)cc1.